The maximum atomic E-state index is 4.68. The summed E-state index contributed by atoms with van der Waals surface area (Å²) >= 11 is 2.59. The van der Waals surface area contributed by atoms with Gasteiger partial charge in [0.05, 0.1) is 11.7 Å². The number of hydrogen-bond acceptors (Lipinski definition) is 4. The summed E-state index contributed by atoms with van der Waals surface area (Å²) in [7, 11) is 0. The van der Waals surface area contributed by atoms with Crippen LogP contribution in [0.4, 0.5) is 5.95 Å². The van der Waals surface area contributed by atoms with Crippen molar-refractivity contribution in [3.8, 4) is 11.1 Å². The molecule has 0 aliphatic heterocycles. The van der Waals surface area contributed by atoms with Gasteiger partial charge in [-0.3, -0.25) is 0 Å². The van der Waals surface area contributed by atoms with Crippen molar-refractivity contribution < 1.29 is 0 Å². The zero-order chi connectivity index (χ0) is 18.4. The van der Waals surface area contributed by atoms with Crippen LogP contribution in [0.1, 0.15) is 32.6 Å². The number of pyridine rings is 1. The number of alkyl halides is 1. The molecule has 4 heterocycles. The van der Waals surface area contributed by atoms with Crippen LogP contribution in [0.5, 0.6) is 0 Å². The number of halogens is 1. The van der Waals surface area contributed by atoms with E-state index < -0.39 is 0 Å². The van der Waals surface area contributed by atoms with E-state index in [4.69, 9.17) is 0 Å². The minimum Gasteiger partial charge on any atom is -0.350 e. The van der Waals surface area contributed by atoms with Crippen LogP contribution in [0, 0.1) is 0 Å². The van der Waals surface area contributed by atoms with E-state index in [2.05, 4.69) is 68.2 Å². The lowest BCUT2D eigenvalue weighted by molar-refractivity contribution is 0.407. The van der Waals surface area contributed by atoms with Crippen molar-refractivity contribution in [2.45, 2.75) is 42.1 Å². The van der Waals surface area contributed by atoms with Crippen LogP contribution in [-0.2, 0) is 0 Å². The molecule has 0 unspecified atom stereocenters. The van der Waals surface area contributed by atoms with Gasteiger partial charge in [0.2, 0.25) is 5.95 Å². The average Bonchev–Trinajstić information content (AvgIpc) is 3.29. The molecule has 0 radical (unpaired) electrons. The number of imidazole rings is 1. The normalized spacial score (nSPS) is 23.1. The Morgan fingerprint density at radius 3 is 2.85 bits per heavy atom. The summed E-state index contributed by atoms with van der Waals surface area (Å²) in [6, 6.07) is 6.67. The van der Waals surface area contributed by atoms with Crippen LogP contribution in [0.3, 0.4) is 0 Å². The van der Waals surface area contributed by atoms with Crippen LogP contribution >= 0.6 is 22.6 Å². The minimum atomic E-state index is 0.437. The Hall–Kier alpha value is -2.16. The highest BCUT2D eigenvalue weighted by Gasteiger charge is 2.28. The maximum absolute atomic E-state index is 4.68. The molecule has 0 bridgehead atoms. The van der Waals surface area contributed by atoms with E-state index in [0.29, 0.717) is 15.4 Å². The van der Waals surface area contributed by atoms with Gasteiger partial charge in [-0.15, -0.1) is 5.10 Å². The Morgan fingerprint density at radius 2 is 2.00 bits per heavy atom. The molecule has 0 saturated heterocycles. The number of anilines is 1. The van der Waals surface area contributed by atoms with Crippen LogP contribution in [0.15, 0.2) is 49.2 Å². The zero-order valence-corrected chi connectivity index (χ0v) is 17.3. The fourth-order valence-electron chi connectivity index (χ4n) is 3.84. The van der Waals surface area contributed by atoms with Gasteiger partial charge in [-0.2, -0.15) is 0 Å². The third-order valence-corrected chi connectivity index (χ3v) is 6.56. The molecule has 6 nitrogen and oxygen atoms in total. The van der Waals surface area contributed by atoms with Crippen molar-refractivity contribution in [3.05, 3.63) is 49.2 Å². The molecule has 1 aliphatic carbocycles. The number of nitrogens with zero attached hydrogens (tertiary/aromatic N) is 5. The zero-order valence-electron chi connectivity index (χ0n) is 15.1. The standard InChI is InChI=1S/C20H21IN6/c1-20(21)7-4-15(5-8-20)24-19-23-12-17-16(6-10-27(17)25-19)14-2-3-18-22-9-11-26(18)13-14/h2-3,6,9-13,15H,4-5,7-8H2,1H3,(H,24,25)/t15-,20-. The third kappa shape index (κ3) is 3.28. The first-order chi connectivity index (χ1) is 13.1. The molecule has 27 heavy (non-hydrogen) atoms. The van der Waals surface area contributed by atoms with Crippen molar-refractivity contribution in [2.75, 3.05) is 5.32 Å². The summed E-state index contributed by atoms with van der Waals surface area (Å²) in [5.41, 5.74) is 4.19. The van der Waals surface area contributed by atoms with Gasteiger partial charge in [-0.1, -0.05) is 29.5 Å². The summed E-state index contributed by atoms with van der Waals surface area (Å²) in [6.45, 7) is 2.34. The average molecular weight is 472 g/mol. The lowest BCUT2D eigenvalue weighted by Gasteiger charge is -2.33. The van der Waals surface area contributed by atoms with Crippen molar-refractivity contribution in [1.29, 1.82) is 0 Å². The second-order valence-corrected chi connectivity index (χ2v) is 10.2. The number of fused-ring (bicyclic) bond motifs is 2. The lowest BCUT2D eigenvalue weighted by Crippen LogP contribution is -2.32. The minimum absolute atomic E-state index is 0.437. The van der Waals surface area contributed by atoms with Gasteiger partial charge in [0.15, 0.2) is 0 Å². The van der Waals surface area contributed by atoms with E-state index in [1.807, 2.05) is 39.8 Å². The van der Waals surface area contributed by atoms with Gasteiger partial charge < -0.3 is 9.72 Å². The Kier molecular flexibility index (Phi) is 4.07. The summed E-state index contributed by atoms with van der Waals surface area (Å²) < 4.78 is 4.38. The van der Waals surface area contributed by atoms with E-state index in [1.54, 1.807) is 0 Å². The lowest BCUT2D eigenvalue weighted by atomic mass is 9.87. The quantitative estimate of drug-likeness (QED) is 0.350. The summed E-state index contributed by atoms with van der Waals surface area (Å²) in [5, 5.41) is 8.20. The Balaban J connectivity index is 1.41. The Labute approximate surface area is 171 Å². The van der Waals surface area contributed by atoms with Gasteiger partial charge in [-0.05, 0) is 43.9 Å². The molecule has 138 valence electrons. The topological polar surface area (TPSA) is 59.5 Å². The molecule has 4 aromatic rings. The van der Waals surface area contributed by atoms with Gasteiger partial charge in [0.25, 0.3) is 0 Å². The van der Waals surface area contributed by atoms with E-state index >= 15 is 0 Å². The number of nitrogens with one attached hydrogen (secondary N) is 1. The smallest absolute Gasteiger partial charge is 0.241 e. The third-order valence-electron chi connectivity index (χ3n) is 5.48. The first-order valence-electron chi connectivity index (χ1n) is 9.30. The number of hydrogen-bond donors (Lipinski definition) is 1. The molecule has 0 atom stereocenters. The van der Waals surface area contributed by atoms with Gasteiger partial charge in [-0.25, -0.2) is 14.5 Å². The first-order valence-corrected chi connectivity index (χ1v) is 10.4. The highest BCUT2D eigenvalue weighted by molar-refractivity contribution is 14.1. The maximum Gasteiger partial charge on any atom is 0.241 e. The van der Waals surface area contributed by atoms with Crippen LogP contribution in [0.2, 0.25) is 0 Å². The monoisotopic (exact) mass is 472 g/mol. The molecule has 1 fully saturated rings. The highest BCUT2D eigenvalue weighted by Crippen LogP contribution is 2.36. The van der Waals surface area contributed by atoms with Crippen LogP contribution < -0.4 is 5.32 Å². The fraction of sp³-hybridized carbons (Fsp3) is 0.350. The highest BCUT2D eigenvalue weighted by atomic mass is 127. The summed E-state index contributed by atoms with van der Waals surface area (Å²) in [4.78, 5) is 8.89. The van der Waals surface area contributed by atoms with Gasteiger partial charge in [0, 0.05) is 45.4 Å². The van der Waals surface area contributed by atoms with E-state index in [1.165, 1.54) is 25.7 Å². The Morgan fingerprint density at radius 1 is 1.15 bits per heavy atom. The van der Waals surface area contributed by atoms with Crippen molar-refractivity contribution in [3.63, 3.8) is 0 Å². The van der Waals surface area contributed by atoms with Gasteiger partial charge >= 0.3 is 0 Å². The second kappa shape index (κ2) is 6.47. The molecular weight excluding hydrogens is 451 g/mol. The van der Waals surface area contributed by atoms with E-state index in [9.17, 15) is 0 Å². The fourth-order valence-corrected chi connectivity index (χ4v) is 4.46. The molecule has 7 heteroatoms. The molecule has 5 rings (SSSR count). The van der Waals surface area contributed by atoms with E-state index in [-0.39, 0.29) is 0 Å². The molecule has 0 amide bonds. The molecule has 1 N–H and O–H groups in total. The molecular formula is C20H21IN6. The summed E-state index contributed by atoms with van der Waals surface area (Å²) in [6.07, 6.45) is 14.6. The second-order valence-electron chi connectivity index (χ2n) is 7.58. The summed E-state index contributed by atoms with van der Waals surface area (Å²) in [5.74, 6) is 0.705. The number of rotatable bonds is 3. The molecule has 4 aromatic heterocycles. The van der Waals surface area contributed by atoms with Crippen LogP contribution in [-0.4, -0.2) is 33.4 Å². The number of aromatic nitrogens is 5. The van der Waals surface area contributed by atoms with Gasteiger partial charge in [0.1, 0.15) is 5.65 Å². The predicted molar refractivity (Wildman–Crippen MR) is 115 cm³/mol. The van der Waals surface area contributed by atoms with Crippen LogP contribution in [0.25, 0.3) is 22.3 Å². The largest absolute Gasteiger partial charge is 0.350 e. The van der Waals surface area contributed by atoms with Crippen molar-refractivity contribution in [1.82, 2.24) is 24.0 Å². The van der Waals surface area contributed by atoms with Crippen molar-refractivity contribution >= 4 is 39.7 Å². The SMILES string of the molecule is C[C@]1(I)CC[C@H](Nc2ncc3c(-c4ccc5nccn5c4)ccn3n2)CC1. The molecule has 1 saturated carbocycles. The molecule has 0 spiro atoms. The first kappa shape index (κ1) is 17.0. The molecule has 0 aromatic carbocycles. The Bertz CT molecular complexity index is 1100. The predicted octanol–water partition coefficient (Wildman–Crippen LogP) is 4.59. The molecule has 1 aliphatic rings. The van der Waals surface area contributed by atoms with Crippen molar-refractivity contribution in [2.24, 2.45) is 0 Å². The van der Waals surface area contributed by atoms with E-state index in [0.717, 1.165) is 22.3 Å².